The lowest BCUT2D eigenvalue weighted by Gasteiger charge is -2.27. The second-order valence-electron chi connectivity index (χ2n) is 4.50. The van der Waals surface area contributed by atoms with Gasteiger partial charge in [0.25, 0.3) is 0 Å². The van der Waals surface area contributed by atoms with Crippen LogP contribution in [0.25, 0.3) is 10.8 Å². The molecule has 1 heterocycles. The van der Waals surface area contributed by atoms with Gasteiger partial charge in [0.2, 0.25) is 5.91 Å². The topological polar surface area (TPSA) is 70.5 Å². The molecule has 0 radical (unpaired) electrons. The summed E-state index contributed by atoms with van der Waals surface area (Å²) in [5.41, 5.74) is 0.535. The van der Waals surface area contributed by atoms with Gasteiger partial charge in [0.15, 0.2) is 6.04 Å². The predicted molar refractivity (Wildman–Crippen MR) is 75.2 cm³/mol. The zero-order valence-electron chi connectivity index (χ0n) is 11.4. The van der Waals surface area contributed by atoms with Gasteiger partial charge in [0.05, 0.1) is 0 Å². The van der Waals surface area contributed by atoms with Crippen LogP contribution in [0.3, 0.4) is 0 Å². The van der Waals surface area contributed by atoms with E-state index >= 15 is 0 Å². The fourth-order valence-corrected chi connectivity index (χ4v) is 2.38. The molecule has 1 unspecified atom stereocenters. The van der Waals surface area contributed by atoms with Gasteiger partial charge in [-0.05, 0) is 12.3 Å². The van der Waals surface area contributed by atoms with Crippen LogP contribution < -0.4 is 0 Å². The molecule has 1 amide bonds. The third-order valence-corrected chi connectivity index (χ3v) is 3.28. The van der Waals surface area contributed by atoms with E-state index in [1.165, 1.54) is 18.0 Å². The first-order valence-electron chi connectivity index (χ1n) is 6.39. The maximum Gasteiger partial charge on any atom is 0.331 e. The van der Waals surface area contributed by atoms with Crippen LogP contribution in [0, 0.1) is 0 Å². The number of hydrogen-bond acceptors (Lipinski definition) is 3. The van der Waals surface area contributed by atoms with Crippen molar-refractivity contribution in [2.45, 2.75) is 19.9 Å². The van der Waals surface area contributed by atoms with Crippen LogP contribution >= 0.6 is 0 Å². The molecule has 5 heteroatoms. The number of aromatic nitrogens is 1. The molecular weight excluding hydrogens is 256 g/mol. The van der Waals surface area contributed by atoms with Crippen molar-refractivity contribution in [3.63, 3.8) is 0 Å². The molecular formula is C15H16N2O3. The van der Waals surface area contributed by atoms with E-state index < -0.39 is 12.0 Å². The van der Waals surface area contributed by atoms with Gasteiger partial charge < -0.3 is 10.0 Å². The first-order valence-corrected chi connectivity index (χ1v) is 6.39. The predicted octanol–water partition coefficient (Wildman–Crippen LogP) is 2.23. The van der Waals surface area contributed by atoms with E-state index in [-0.39, 0.29) is 5.91 Å². The summed E-state index contributed by atoms with van der Waals surface area (Å²) < 4.78 is 0. The van der Waals surface area contributed by atoms with E-state index in [4.69, 9.17) is 0 Å². The van der Waals surface area contributed by atoms with Crippen molar-refractivity contribution in [2.75, 3.05) is 6.54 Å². The number of likely N-dealkylation sites (N-methyl/N-ethyl adjacent to an activating group) is 1. The number of rotatable bonds is 4. The Balaban J connectivity index is 2.63. The number of benzene rings is 1. The number of aliphatic carboxylic acids is 1. The smallest absolute Gasteiger partial charge is 0.331 e. The minimum atomic E-state index is -1.06. The Kier molecular flexibility index (Phi) is 3.98. The average Bonchev–Trinajstić information content (AvgIpc) is 2.43. The summed E-state index contributed by atoms with van der Waals surface area (Å²) in [6, 6.07) is 6.41. The summed E-state index contributed by atoms with van der Waals surface area (Å²) in [7, 11) is 0. The highest BCUT2D eigenvalue weighted by molar-refractivity contribution is 5.91. The molecule has 0 fully saturated rings. The van der Waals surface area contributed by atoms with Gasteiger partial charge in [0.1, 0.15) is 0 Å². The number of carbonyl (C=O) groups excluding carboxylic acids is 1. The molecule has 1 aromatic heterocycles. The molecule has 1 N–H and O–H groups in total. The minimum Gasteiger partial charge on any atom is -0.479 e. The van der Waals surface area contributed by atoms with Crippen molar-refractivity contribution in [3.05, 3.63) is 42.2 Å². The summed E-state index contributed by atoms with van der Waals surface area (Å²) in [5, 5.41) is 11.2. The van der Waals surface area contributed by atoms with Crippen molar-refractivity contribution in [3.8, 4) is 0 Å². The largest absolute Gasteiger partial charge is 0.479 e. The van der Waals surface area contributed by atoms with Gasteiger partial charge in [-0.3, -0.25) is 9.78 Å². The Morgan fingerprint density at radius 3 is 2.60 bits per heavy atom. The molecule has 20 heavy (non-hydrogen) atoms. The number of pyridine rings is 1. The number of carboxylic acids is 1. The van der Waals surface area contributed by atoms with E-state index in [1.807, 2.05) is 24.3 Å². The molecule has 104 valence electrons. The lowest BCUT2D eigenvalue weighted by Crippen LogP contribution is -2.37. The molecule has 5 nitrogen and oxygen atoms in total. The third kappa shape index (κ3) is 2.47. The molecule has 0 saturated carbocycles. The molecule has 0 spiro atoms. The highest BCUT2D eigenvalue weighted by atomic mass is 16.4. The highest BCUT2D eigenvalue weighted by Crippen LogP contribution is 2.27. The van der Waals surface area contributed by atoms with Crippen molar-refractivity contribution < 1.29 is 14.7 Å². The fourth-order valence-electron chi connectivity index (χ4n) is 2.38. The lowest BCUT2D eigenvalue weighted by molar-refractivity contribution is -0.149. The van der Waals surface area contributed by atoms with Crippen molar-refractivity contribution in [2.24, 2.45) is 0 Å². The van der Waals surface area contributed by atoms with Gasteiger partial charge in [0, 0.05) is 36.8 Å². The van der Waals surface area contributed by atoms with E-state index in [0.717, 1.165) is 10.8 Å². The first kappa shape index (κ1) is 14.0. The Bertz CT molecular complexity index is 649. The van der Waals surface area contributed by atoms with Gasteiger partial charge in [-0.25, -0.2) is 4.79 Å². The minimum absolute atomic E-state index is 0.271. The molecule has 0 bridgehead atoms. The monoisotopic (exact) mass is 272 g/mol. The van der Waals surface area contributed by atoms with Gasteiger partial charge in [-0.15, -0.1) is 0 Å². The third-order valence-electron chi connectivity index (χ3n) is 3.28. The van der Waals surface area contributed by atoms with Crippen LogP contribution in [-0.2, 0) is 9.59 Å². The summed E-state index contributed by atoms with van der Waals surface area (Å²) in [4.78, 5) is 28.7. The maximum atomic E-state index is 11.7. The van der Waals surface area contributed by atoms with Crippen LogP contribution in [0.1, 0.15) is 25.5 Å². The number of carbonyl (C=O) groups is 2. The SMILES string of the molecule is CCN(C(C)=O)C(C(=O)O)c1cncc2ccccc12. The van der Waals surface area contributed by atoms with E-state index in [0.29, 0.717) is 12.1 Å². The standard InChI is InChI=1S/C15H16N2O3/c1-3-17(10(2)18)14(15(19)20)13-9-16-8-11-6-4-5-7-12(11)13/h4-9,14H,3H2,1-2H3,(H,19,20). The maximum absolute atomic E-state index is 11.7. The van der Waals surface area contributed by atoms with Crippen molar-refractivity contribution >= 4 is 22.6 Å². The number of amides is 1. The Morgan fingerprint density at radius 1 is 1.30 bits per heavy atom. The molecule has 0 aliphatic carbocycles. The van der Waals surface area contributed by atoms with E-state index in [1.54, 1.807) is 13.1 Å². The first-order chi connectivity index (χ1) is 9.56. The van der Waals surface area contributed by atoms with Crippen LogP contribution in [0.15, 0.2) is 36.7 Å². The van der Waals surface area contributed by atoms with Crippen LogP contribution in [0.5, 0.6) is 0 Å². The zero-order chi connectivity index (χ0) is 14.7. The van der Waals surface area contributed by atoms with E-state index in [9.17, 15) is 14.7 Å². The van der Waals surface area contributed by atoms with Crippen molar-refractivity contribution in [1.29, 1.82) is 0 Å². The summed E-state index contributed by atoms with van der Waals surface area (Å²) in [6.07, 6.45) is 3.20. The Morgan fingerprint density at radius 2 is 2.00 bits per heavy atom. The Hall–Kier alpha value is -2.43. The summed E-state index contributed by atoms with van der Waals surface area (Å²) >= 11 is 0. The second-order valence-corrected chi connectivity index (χ2v) is 4.50. The van der Waals surface area contributed by atoms with Crippen LogP contribution in [0.2, 0.25) is 0 Å². The molecule has 2 rings (SSSR count). The molecule has 0 aliphatic heterocycles. The zero-order valence-corrected chi connectivity index (χ0v) is 11.4. The average molecular weight is 272 g/mol. The lowest BCUT2D eigenvalue weighted by atomic mass is 10.0. The van der Waals surface area contributed by atoms with Gasteiger partial charge in [-0.2, -0.15) is 0 Å². The molecule has 0 aliphatic rings. The molecule has 0 saturated heterocycles. The number of carboxylic acid groups (broad SMARTS) is 1. The highest BCUT2D eigenvalue weighted by Gasteiger charge is 2.29. The quantitative estimate of drug-likeness (QED) is 0.926. The van der Waals surface area contributed by atoms with Crippen molar-refractivity contribution in [1.82, 2.24) is 9.88 Å². The summed E-state index contributed by atoms with van der Waals surface area (Å²) in [6.45, 7) is 3.46. The number of nitrogens with zero attached hydrogens (tertiary/aromatic N) is 2. The van der Waals surface area contributed by atoms with Crippen LogP contribution in [0.4, 0.5) is 0 Å². The van der Waals surface area contributed by atoms with Crippen LogP contribution in [-0.4, -0.2) is 33.4 Å². The van der Waals surface area contributed by atoms with Gasteiger partial charge >= 0.3 is 5.97 Å². The van der Waals surface area contributed by atoms with Gasteiger partial charge in [-0.1, -0.05) is 24.3 Å². The second kappa shape index (κ2) is 5.69. The number of fused-ring (bicyclic) bond motifs is 1. The molecule has 1 aromatic carbocycles. The molecule has 1 atom stereocenters. The fraction of sp³-hybridized carbons (Fsp3) is 0.267. The normalized spacial score (nSPS) is 12.1. The molecule has 2 aromatic rings. The summed E-state index contributed by atoms with van der Waals surface area (Å²) in [5.74, 6) is -1.33. The number of hydrogen-bond donors (Lipinski definition) is 1. The van der Waals surface area contributed by atoms with E-state index in [2.05, 4.69) is 4.98 Å². The Labute approximate surface area is 116 Å².